The van der Waals surface area contributed by atoms with Crippen LogP contribution in [0.4, 0.5) is 0 Å². The van der Waals surface area contributed by atoms with Gasteiger partial charge in [0.1, 0.15) is 0 Å². The van der Waals surface area contributed by atoms with Crippen LogP contribution in [0.5, 0.6) is 0 Å². The maximum atomic E-state index is 10.8. The van der Waals surface area contributed by atoms with Gasteiger partial charge in [0, 0.05) is 0 Å². The van der Waals surface area contributed by atoms with Gasteiger partial charge in [0.25, 0.3) is 10.1 Å². The van der Waals surface area contributed by atoms with Gasteiger partial charge in [0.05, 0.1) is 11.5 Å². The van der Waals surface area contributed by atoms with Crippen molar-refractivity contribution < 1.29 is 18.1 Å². The summed E-state index contributed by atoms with van der Waals surface area (Å²) in [5.41, 5.74) is 0.877. The Morgan fingerprint density at radius 2 is 2.00 bits per heavy atom. The molecule has 0 heterocycles. The van der Waals surface area contributed by atoms with Gasteiger partial charge in [-0.25, -0.2) is 0 Å². The summed E-state index contributed by atoms with van der Waals surface area (Å²) in [6.45, 7) is 1.30. The van der Waals surface area contributed by atoms with Gasteiger partial charge in [-0.15, -0.1) is 0 Å². The lowest BCUT2D eigenvalue weighted by Gasteiger charge is -2.05. The van der Waals surface area contributed by atoms with Crippen molar-refractivity contribution in [1.82, 2.24) is 0 Å². The molecule has 0 aromatic heterocycles. The summed E-state index contributed by atoms with van der Waals surface area (Å²) < 4.78 is 30.4. The van der Waals surface area contributed by atoms with E-state index in [9.17, 15) is 8.42 Å². The van der Waals surface area contributed by atoms with E-state index in [1.54, 1.807) is 6.07 Å². The van der Waals surface area contributed by atoms with Crippen molar-refractivity contribution in [1.29, 1.82) is 0 Å². The van der Waals surface area contributed by atoms with E-state index in [1.807, 2.05) is 0 Å². The summed E-state index contributed by atoms with van der Waals surface area (Å²) in [5, 5.41) is 8.83. The van der Waals surface area contributed by atoms with Crippen molar-refractivity contribution in [2.75, 3.05) is 0 Å². The molecule has 5 heteroatoms. The van der Waals surface area contributed by atoms with Crippen LogP contribution in [0.1, 0.15) is 11.1 Å². The predicted octanol–water partition coefficient (Wildman–Crippen LogP) is 0.734. The predicted molar refractivity (Wildman–Crippen MR) is 46.9 cm³/mol. The molecule has 1 aromatic rings. The molecule has 1 aromatic carbocycles. The molecule has 13 heavy (non-hydrogen) atoms. The number of benzene rings is 1. The van der Waals surface area contributed by atoms with E-state index in [-0.39, 0.29) is 11.5 Å². The highest BCUT2D eigenvalue weighted by Crippen LogP contribution is 2.18. The van der Waals surface area contributed by atoms with Gasteiger partial charge in [0.2, 0.25) is 0 Å². The Morgan fingerprint density at radius 3 is 2.46 bits per heavy atom. The standard InChI is InChI=1S/C8H10O4S/c1-6-7(5-9)3-2-4-8(6)13(10,11)12/h2-4,9H,5H2,1H3,(H,10,11,12). The van der Waals surface area contributed by atoms with Crippen molar-refractivity contribution in [3.05, 3.63) is 29.3 Å². The van der Waals surface area contributed by atoms with Crippen LogP contribution >= 0.6 is 0 Å². The maximum Gasteiger partial charge on any atom is 0.294 e. The Labute approximate surface area is 76.6 Å². The average Bonchev–Trinajstić information content (AvgIpc) is 2.02. The molecular weight excluding hydrogens is 192 g/mol. The molecule has 0 fully saturated rings. The summed E-state index contributed by atoms with van der Waals surface area (Å²) >= 11 is 0. The fourth-order valence-electron chi connectivity index (χ4n) is 1.11. The maximum absolute atomic E-state index is 10.8. The third kappa shape index (κ3) is 2.06. The zero-order valence-electron chi connectivity index (χ0n) is 7.06. The fraction of sp³-hybridized carbons (Fsp3) is 0.250. The molecule has 0 aliphatic carbocycles. The summed E-state index contributed by atoms with van der Waals surface area (Å²) in [4.78, 5) is -0.154. The van der Waals surface area contributed by atoms with Gasteiger partial charge >= 0.3 is 0 Å². The number of rotatable bonds is 2. The minimum atomic E-state index is -4.18. The number of aliphatic hydroxyl groups excluding tert-OH is 1. The van der Waals surface area contributed by atoms with Gasteiger partial charge in [-0.3, -0.25) is 4.55 Å². The normalized spacial score (nSPS) is 11.6. The van der Waals surface area contributed by atoms with E-state index in [0.29, 0.717) is 11.1 Å². The van der Waals surface area contributed by atoms with Gasteiger partial charge < -0.3 is 5.11 Å². The first-order valence-electron chi connectivity index (χ1n) is 3.63. The molecule has 0 saturated heterocycles. The van der Waals surface area contributed by atoms with Crippen molar-refractivity contribution in [3.63, 3.8) is 0 Å². The smallest absolute Gasteiger partial charge is 0.294 e. The van der Waals surface area contributed by atoms with Crippen molar-refractivity contribution >= 4 is 10.1 Å². The topological polar surface area (TPSA) is 74.6 Å². The van der Waals surface area contributed by atoms with Gasteiger partial charge in [-0.05, 0) is 24.1 Å². The molecule has 0 atom stereocenters. The molecule has 0 unspecified atom stereocenters. The first-order chi connectivity index (χ1) is 5.96. The molecule has 0 amide bonds. The van der Waals surface area contributed by atoms with Crippen LogP contribution in [0, 0.1) is 6.92 Å². The molecule has 0 radical (unpaired) electrons. The van der Waals surface area contributed by atoms with E-state index >= 15 is 0 Å². The Hall–Kier alpha value is -0.910. The second kappa shape index (κ2) is 3.45. The molecule has 72 valence electrons. The highest BCUT2D eigenvalue weighted by molar-refractivity contribution is 7.85. The molecule has 4 nitrogen and oxygen atoms in total. The van der Waals surface area contributed by atoms with Gasteiger partial charge in [-0.2, -0.15) is 8.42 Å². The van der Waals surface area contributed by atoms with Crippen LogP contribution in [-0.2, 0) is 16.7 Å². The first-order valence-corrected chi connectivity index (χ1v) is 5.07. The summed E-state index contributed by atoms with van der Waals surface area (Å²) in [7, 11) is -4.18. The first kappa shape index (κ1) is 10.2. The van der Waals surface area contributed by atoms with Crippen molar-refractivity contribution in [3.8, 4) is 0 Å². The van der Waals surface area contributed by atoms with E-state index in [1.165, 1.54) is 19.1 Å². The molecule has 0 aliphatic rings. The second-order valence-corrected chi connectivity index (χ2v) is 4.06. The van der Waals surface area contributed by atoms with E-state index in [2.05, 4.69) is 0 Å². The molecule has 0 spiro atoms. The van der Waals surface area contributed by atoms with Crippen molar-refractivity contribution in [2.24, 2.45) is 0 Å². The SMILES string of the molecule is Cc1c(CO)cccc1S(=O)(=O)O. The minimum Gasteiger partial charge on any atom is -0.392 e. The summed E-state index contributed by atoms with van der Waals surface area (Å²) in [5.74, 6) is 0. The van der Waals surface area contributed by atoms with E-state index in [4.69, 9.17) is 9.66 Å². The Morgan fingerprint density at radius 1 is 1.38 bits per heavy atom. The monoisotopic (exact) mass is 202 g/mol. The average molecular weight is 202 g/mol. The summed E-state index contributed by atoms with van der Waals surface area (Å²) in [6, 6.07) is 4.37. The minimum absolute atomic E-state index is 0.154. The lowest BCUT2D eigenvalue weighted by Crippen LogP contribution is -2.03. The molecule has 2 N–H and O–H groups in total. The van der Waals surface area contributed by atoms with Crippen molar-refractivity contribution in [2.45, 2.75) is 18.4 Å². The lowest BCUT2D eigenvalue weighted by atomic mass is 10.1. The zero-order valence-corrected chi connectivity index (χ0v) is 7.87. The summed E-state index contributed by atoms with van der Waals surface area (Å²) in [6.07, 6.45) is 0. The molecule has 0 aliphatic heterocycles. The lowest BCUT2D eigenvalue weighted by molar-refractivity contribution is 0.280. The third-order valence-corrected chi connectivity index (χ3v) is 2.84. The molecule has 0 bridgehead atoms. The zero-order chi connectivity index (χ0) is 10.1. The van der Waals surface area contributed by atoms with E-state index < -0.39 is 10.1 Å². The highest BCUT2D eigenvalue weighted by Gasteiger charge is 2.14. The number of hydrogen-bond donors (Lipinski definition) is 2. The molecule has 0 saturated carbocycles. The number of hydrogen-bond acceptors (Lipinski definition) is 3. The van der Waals surface area contributed by atoms with Crippen LogP contribution in [0.25, 0.3) is 0 Å². The molecular formula is C8H10O4S. The second-order valence-electron chi connectivity index (χ2n) is 2.67. The fourth-order valence-corrected chi connectivity index (χ4v) is 1.88. The Kier molecular flexibility index (Phi) is 2.70. The Balaban J connectivity index is 3.41. The van der Waals surface area contributed by atoms with Crippen LogP contribution in [0.2, 0.25) is 0 Å². The van der Waals surface area contributed by atoms with Gasteiger partial charge in [0.15, 0.2) is 0 Å². The highest BCUT2D eigenvalue weighted by atomic mass is 32.2. The third-order valence-electron chi connectivity index (χ3n) is 1.84. The van der Waals surface area contributed by atoms with Crippen LogP contribution in [0.3, 0.4) is 0 Å². The van der Waals surface area contributed by atoms with Crippen LogP contribution < -0.4 is 0 Å². The van der Waals surface area contributed by atoms with Gasteiger partial charge in [-0.1, -0.05) is 12.1 Å². The van der Waals surface area contributed by atoms with Crippen LogP contribution in [0.15, 0.2) is 23.1 Å². The van der Waals surface area contributed by atoms with E-state index in [0.717, 1.165) is 0 Å². The largest absolute Gasteiger partial charge is 0.392 e. The molecule has 1 rings (SSSR count). The number of aliphatic hydroxyl groups is 1. The van der Waals surface area contributed by atoms with Crippen LogP contribution in [-0.4, -0.2) is 18.1 Å². The quantitative estimate of drug-likeness (QED) is 0.693. The Bertz CT molecular complexity index is 408.